The zero-order valence-electron chi connectivity index (χ0n) is 11.7. The Bertz CT molecular complexity index is 539. The summed E-state index contributed by atoms with van der Waals surface area (Å²) in [4.78, 5) is 25.4. The van der Waals surface area contributed by atoms with Crippen molar-refractivity contribution in [2.45, 2.75) is 38.5 Å². The number of benzene rings is 1. The second kappa shape index (κ2) is 5.65. The molecular formula is C16H20N2O2. The maximum atomic E-state index is 12.0. The van der Waals surface area contributed by atoms with Crippen LogP contribution in [0.1, 0.15) is 36.8 Å². The second-order valence-electron chi connectivity index (χ2n) is 5.66. The van der Waals surface area contributed by atoms with E-state index in [0.29, 0.717) is 13.0 Å². The first-order chi connectivity index (χ1) is 9.72. The number of piperidine rings is 1. The molecular weight excluding hydrogens is 252 g/mol. The molecule has 106 valence electrons. The summed E-state index contributed by atoms with van der Waals surface area (Å²) in [5.41, 5.74) is 3.59. The van der Waals surface area contributed by atoms with Crippen molar-refractivity contribution in [3.63, 3.8) is 0 Å². The van der Waals surface area contributed by atoms with Gasteiger partial charge < -0.3 is 10.2 Å². The Morgan fingerprint density at radius 1 is 1.10 bits per heavy atom. The highest BCUT2D eigenvalue weighted by atomic mass is 16.2. The average molecular weight is 272 g/mol. The summed E-state index contributed by atoms with van der Waals surface area (Å²) in [7, 11) is 0. The van der Waals surface area contributed by atoms with E-state index in [1.165, 1.54) is 17.5 Å². The number of hydrogen-bond donors (Lipinski definition) is 1. The second-order valence-corrected chi connectivity index (χ2v) is 5.66. The Kier molecular flexibility index (Phi) is 3.72. The minimum atomic E-state index is -0.0989. The van der Waals surface area contributed by atoms with Gasteiger partial charge in [0.15, 0.2) is 0 Å². The van der Waals surface area contributed by atoms with Crippen molar-refractivity contribution in [1.29, 1.82) is 0 Å². The first-order valence-corrected chi connectivity index (χ1v) is 7.42. The van der Waals surface area contributed by atoms with Gasteiger partial charge in [0.25, 0.3) is 0 Å². The number of likely N-dealkylation sites (tertiary alicyclic amines) is 1. The molecule has 0 aromatic heterocycles. The van der Waals surface area contributed by atoms with Gasteiger partial charge >= 0.3 is 0 Å². The molecule has 3 rings (SSSR count). The van der Waals surface area contributed by atoms with Crippen molar-refractivity contribution >= 4 is 17.5 Å². The Hall–Kier alpha value is -1.84. The fourth-order valence-electron chi connectivity index (χ4n) is 3.05. The zero-order valence-corrected chi connectivity index (χ0v) is 11.7. The van der Waals surface area contributed by atoms with E-state index < -0.39 is 0 Å². The summed E-state index contributed by atoms with van der Waals surface area (Å²) in [6.45, 7) is 0.881. The van der Waals surface area contributed by atoms with Gasteiger partial charge in [0.2, 0.25) is 11.8 Å². The average Bonchev–Trinajstić information content (AvgIpc) is 2.89. The van der Waals surface area contributed by atoms with Crippen LogP contribution in [0, 0.1) is 0 Å². The zero-order chi connectivity index (χ0) is 13.9. The lowest BCUT2D eigenvalue weighted by Crippen LogP contribution is -2.40. The molecule has 1 aliphatic carbocycles. The minimum Gasteiger partial charge on any atom is -0.333 e. The fourth-order valence-corrected chi connectivity index (χ4v) is 3.05. The van der Waals surface area contributed by atoms with Gasteiger partial charge in [-0.2, -0.15) is 0 Å². The van der Waals surface area contributed by atoms with Gasteiger partial charge in [0.1, 0.15) is 0 Å². The van der Waals surface area contributed by atoms with Crippen LogP contribution in [0.4, 0.5) is 5.69 Å². The van der Waals surface area contributed by atoms with Crippen molar-refractivity contribution in [1.82, 2.24) is 4.90 Å². The van der Waals surface area contributed by atoms with Gasteiger partial charge in [-0.1, -0.05) is 6.07 Å². The van der Waals surface area contributed by atoms with E-state index in [1.54, 1.807) is 4.90 Å². The number of carbonyl (C=O) groups excluding carboxylic acids is 2. The molecule has 20 heavy (non-hydrogen) atoms. The van der Waals surface area contributed by atoms with Crippen molar-refractivity contribution in [3.8, 4) is 0 Å². The predicted molar refractivity (Wildman–Crippen MR) is 77.5 cm³/mol. The van der Waals surface area contributed by atoms with Crippen molar-refractivity contribution < 1.29 is 9.59 Å². The molecule has 0 bridgehead atoms. The molecule has 0 radical (unpaired) electrons. The highest BCUT2D eigenvalue weighted by Gasteiger charge is 2.20. The van der Waals surface area contributed by atoms with Crippen molar-refractivity contribution in [3.05, 3.63) is 29.3 Å². The first-order valence-electron chi connectivity index (χ1n) is 7.42. The lowest BCUT2D eigenvalue weighted by Gasteiger charge is -2.26. The van der Waals surface area contributed by atoms with Gasteiger partial charge in [-0.25, -0.2) is 0 Å². The van der Waals surface area contributed by atoms with E-state index in [0.717, 1.165) is 31.4 Å². The smallest absolute Gasteiger partial charge is 0.243 e. The maximum absolute atomic E-state index is 12.0. The molecule has 1 heterocycles. The molecule has 1 aromatic rings. The topological polar surface area (TPSA) is 49.4 Å². The quantitative estimate of drug-likeness (QED) is 0.916. The van der Waals surface area contributed by atoms with Crippen LogP contribution >= 0.6 is 0 Å². The van der Waals surface area contributed by atoms with E-state index in [4.69, 9.17) is 0 Å². The molecule has 0 spiro atoms. The normalized spacial score (nSPS) is 18.0. The van der Waals surface area contributed by atoms with E-state index in [1.807, 2.05) is 6.07 Å². The summed E-state index contributed by atoms with van der Waals surface area (Å²) in [6.07, 6.45) is 5.97. The van der Waals surface area contributed by atoms with Crippen LogP contribution < -0.4 is 5.32 Å². The number of nitrogens with one attached hydrogen (secondary N) is 1. The van der Waals surface area contributed by atoms with Crippen molar-refractivity contribution in [2.24, 2.45) is 0 Å². The Labute approximate surface area is 119 Å². The van der Waals surface area contributed by atoms with E-state index in [2.05, 4.69) is 17.4 Å². The SMILES string of the molecule is O=C(CN1CCCCC1=O)Nc1ccc2c(c1)CCC2. The van der Waals surface area contributed by atoms with Crippen LogP contribution in [0.3, 0.4) is 0 Å². The predicted octanol–water partition coefficient (Wildman–Crippen LogP) is 2.13. The molecule has 0 atom stereocenters. The molecule has 4 heteroatoms. The van der Waals surface area contributed by atoms with Crippen LogP contribution in [-0.4, -0.2) is 29.8 Å². The van der Waals surface area contributed by atoms with Gasteiger partial charge in [0.05, 0.1) is 6.54 Å². The highest BCUT2D eigenvalue weighted by Crippen LogP contribution is 2.24. The number of carbonyl (C=O) groups is 2. The number of aryl methyl sites for hydroxylation is 2. The Morgan fingerprint density at radius 2 is 1.95 bits per heavy atom. The summed E-state index contributed by atoms with van der Waals surface area (Å²) < 4.78 is 0. The summed E-state index contributed by atoms with van der Waals surface area (Å²) in [5, 5.41) is 2.91. The van der Waals surface area contributed by atoms with Crippen molar-refractivity contribution in [2.75, 3.05) is 18.4 Å². The Morgan fingerprint density at radius 3 is 2.80 bits per heavy atom. The lowest BCUT2D eigenvalue weighted by atomic mass is 10.1. The van der Waals surface area contributed by atoms with Crippen LogP contribution in [0.25, 0.3) is 0 Å². The number of hydrogen-bond acceptors (Lipinski definition) is 2. The number of nitrogens with zero attached hydrogens (tertiary/aromatic N) is 1. The maximum Gasteiger partial charge on any atom is 0.243 e. The molecule has 1 aromatic carbocycles. The van der Waals surface area contributed by atoms with Crippen LogP contribution in [0.5, 0.6) is 0 Å². The fraction of sp³-hybridized carbons (Fsp3) is 0.500. The number of fused-ring (bicyclic) bond motifs is 1. The third-order valence-electron chi connectivity index (χ3n) is 4.14. The first kappa shape index (κ1) is 13.2. The third kappa shape index (κ3) is 2.84. The van der Waals surface area contributed by atoms with E-state index in [-0.39, 0.29) is 18.4 Å². The summed E-state index contributed by atoms with van der Waals surface area (Å²) in [5.74, 6) is -0.00134. The number of rotatable bonds is 3. The molecule has 1 saturated heterocycles. The van der Waals surface area contributed by atoms with Gasteiger partial charge in [-0.15, -0.1) is 0 Å². The van der Waals surface area contributed by atoms with E-state index in [9.17, 15) is 9.59 Å². The van der Waals surface area contributed by atoms with Gasteiger partial charge in [0, 0.05) is 18.7 Å². The largest absolute Gasteiger partial charge is 0.333 e. The standard InChI is InChI=1S/C16H20N2O2/c19-15(11-18-9-2-1-6-16(18)20)17-14-8-7-12-4-3-5-13(12)10-14/h7-8,10H,1-6,9,11H2,(H,17,19). The van der Waals surface area contributed by atoms with Crippen LogP contribution in [0.15, 0.2) is 18.2 Å². The van der Waals surface area contributed by atoms with Gasteiger partial charge in [-0.05, 0) is 55.4 Å². The third-order valence-corrected chi connectivity index (χ3v) is 4.14. The molecule has 0 unspecified atom stereocenters. The van der Waals surface area contributed by atoms with Gasteiger partial charge in [-0.3, -0.25) is 9.59 Å². The number of amides is 2. The van der Waals surface area contributed by atoms with Crippen LogP contribution in [0.2, 0.25) is 0 Å². The minimum absolute atomic E-state index is 0.0975. The monoisotopic (exact) mass is 272 g/mol. The molecule has 4 nitrogen and oxygen atoms in total. The Balaban J connectivity index is 1.60. The molecule has 1 fully saturated rings. The summed E-state index contributed by atoms with van der Waals surface area (Å²) >= 11 is 0. The molecule has 1 N–H and O–H groups in total. The highest BCUT2D eigenvalue weighted by molar-refractivity contribution is 5.94. The summed E-state index contributed by atoms with van der Waals surface area (Å²) in [6, 6.07) is 6.13. The molecule has 2 aliphatic rings. The lowest BCUT2D eigenvalue weighted by molar-refractivity contribution is -0.136. The molecule has 2 amide bonds. The molecule has 1 aliphatic heterocycles. The van der Waals surface area contributed by atoms with E-state index >= 15 is 0 Å². The number of anilines is 1. The van der Waals surface area contributed by atoms with Crippen LogP contribution in [-0.2, 0) is 22.4 Å². The molecule has 0 saturated carbocycles.